The molecule has 0 aliphatic heterocycles. The maximum atomic E-state index is 12.3. The van der Waals surface area contributed by atoms with Crippen LogP contribution in [0.3, 0.4) is 0 Å². The lowest BCUT2D eigenvalue weighted by atomic mass is 9.84. The van der Waals surface area contributed by atoms with Crippen LogP contribution in [0.5, 0.6) is 0 Å². The Morgan fingerprint density at radius 2 is 2.25 bits per heavy atom. The van der Waals surface area contributed by atoms with Gasteiger partial charge < -0.3 is 16.3 Å². The van der Waals surface area contributed by atoms with Gasteiger partial charge in [0.05, 0.1) is 0 Å². The molecular formula is C13H21N5O2. The molecule has 0 radical (unpaired) electrons. The van der Waals surface area contributed by atoms with Crippen LogP contribution in [0.4, 0.5) is 0 Å². The predicted octanol–water partition coefficient (Wildman–Crippen LogP) is 0.696. The molecule has 0 unspecified atom stereocenters. The summed E-state index contributed by atoms with van der Waals surface area (Å²) < 4.78 is 1.82. The van der Waals surface area contributed by atoms with E-state index >= 15 is 0 Å². The Morgan fingerprint density at radius 3 is 2.85 bits per heavy atom. The van der Waals surface area contributed by atoms with Gasteiger partial charge in [0.15, 0.2) is 5.84 Å². The third kappa shape index (κ3) is 2.92. The van der Waals surface area contributed by atoms with E-state index < -0.39 is 5.41 Å². The van der Waals surface area contributed by atoms with Crippen molar-refractivity contribution in [1.29, 1.82) is 0 Å². The summed E-state index contributed by atoms with van der Waals surface area (Å²) in [5.74, 6) is -0.106. The lowest BCUT2D eigenvalue weighted by Gasteiger charge is -2.25. The molecule has 1 saturated carbocycles. The quantitative estimate of drug-likeness (QED) is 0.234. The number of carbonyl (C=O) groups is 1. The lowest BCUT2D eigenvalue weighted by molar-refractivity contribution is -0.127. The van der Waals surface area contributed by atoms with E-state index in [-0.39, 0.29) is 11.7 Å². The minimum Gasteiger partial charge on any atom is -0.409 e. The summed E-state index contributed by atoms with van der Waals surface area (Å²) in [7, 11) is 0. The molecule has 20 heavy (non-hydrogen) atoms. The molecule has 4 N–H and O–H groups in total. The highest BCUT2D eigenvalue weighted by Crippen LogP contribution is 2.38. The maximum absolute atomic E-state index is 12.3. The normalized spacial score (nSPS) is 18.1. The van der Waals surface area contributed by atoms with Gasteiger partial charge in [-0.25, -0.2) is 0 Å². The average Bonchev–Trinajstić information content (AvgIpc) is 3.14. The molecule has 1 aromatic heterocycles. The number of oxime groups is 1. The van der Waals surface area contributed by atoms with Crippen LogP contribution in [0.25, 0.3) is 0 Å². The summed E-state index contributed by atoms with van der Waals surface area (Å²) in [6, 6.07) is 1.87. The molecule has 0 aromatic carbocycles. The number of amidine groups is 1. The number of nitrogens with two attached hydrogens (primary N) is 1. The number of nitrogens with one attached hydrogen (secondary N) is 1. The molecule has 0 atom stereocenters. The molecule has 7 nitrogen and oxygen atoms in total. The van der Waals surface area contributed by atoms with Gasteiger partial charge in [0.1, 0.15) is 5.41 Å². The van der Waals surface area contributed by atoms with E-state index in [0.29, 0.717) is 19.4 Å². The van der Waals surface area contributed by atoms with Crippen molar-refractivity contribution < 1.29 is 10.0 Å². The fourth-order valence-electron chi connectivity index (χ4n) is 2.72. The van der Waals surface area contributed by atoms with E-state index in [9.17, 15) is 4.79 Å². The number of rotatable bonds is 6. The van der Waals surface area contributed by atoms with Crippen LogP contribution >= 0.6 is 0 Å². The Balaban J connectivity index is 1.83. The van der Waals surface area contributed by atoms with E-state index in [2.05, 4.69) is 15.6 Å². The summed E-state index contributed by atoms with van der Waals surface area (Å²) in [6.07, 6.45) is 7.55. The van der Waals surface area contributed by atoms with Gasteiger partial charge in [-0.3, -0.25) is 9.48 Å². The first-order valence-corrected chi connectivity index (χ1v) is 6.93. The highest BCUT2D eigenvalue weighted by Gasteiger charge is 2.45. The molecule has 0 spiro atoms. The van der Waals surface area contributed by atoms with Gasteiger partial charge in [-0.15, -0.1) is 0 Å². The zero-order valence-electron chi connectivity index (χ0n) is 11.5. The van der Waals surface area contributed by atoms with Gasteiger partial charge in [-0.2, -0.15) is 5.10 Å². The summed E-state index contributed by atoms with van der Waals surface area (Å²) in [5, 5.41) is 18.9. The second-order valence-electron chi connectivity index (χ2n) is 5.15. The van der Waals surface area contributed by atoms with Crippen molar-refractivity contribution in [2.75, 3.05) is 6.54 Å². The van der Waals surface area contributed by atoms with Crippen molar-refractivity contribution in [1.82, 2.24) is 15.1 Å². The van der Waals surface area contributed by atoms with Crippen molar-refractivity contribution in [3.8, 4) is 0 Å². The van der Waals surface area contributed by atoms with Gasteiger partial charge in [-0.05, 0) is 25.3 Å². The predicted molar refractivity (Wildman–Crippen MR) is 74.2 cm³/mol. The van der Waals surface area contributed by atoms with Crippen molar-refractivity contribution >= 4 is 11.7 Å². The van der Waals surface area contributed by atoms with Gasteiger partial charge in [0, 0.05) is 25.5 Å². The number of hydrogen-bond acceptors (Lipinski definition) is 4. The van der Waals surface area contributed by atoms with Crippen molar-refractivity contribution in [2.45, 2.75) is 38.6 Å². The standard InChI is InChI=1S/C13H21N5O2/c14-11(17-20)13(5-1-2-6-13)12(19)15-7-3-9-18-10-4-8-16-18/h4,8,10,20H,1-3,5-7,9H2,(H2,14,17)(H,15,19). The number of hydrogen-bond donors (Lipinski definition) is 3. The van der Waals surface area contributed by atoms with E-state index in [0.717, 1.165) is 25.8 Å². The fraction of sp³-hybridized carbons (Fsp3) is 0.615. The van der Waals surface area contributed by atoms with Crippen molar-refractivity contribution in [3.63, 3.8) is 0 Å². The van der Waals surface area contributed by atoms with Crippen molar-refractivity contribution in [3.05, 3.63) is 18.5 Å². The summed E-state index contributed by atoms with van der Waals surface area (Å²) in [4.78, 5) is 12.3. The zero-order chi connectivity index (χ0) is 14.4. The van der Waals surface area contributed by atoms with E-state index in [1.807, 2.05) is 16.9 Å². The molecule has 1 amide bonds. The third-order valence-electron chi connectivity index (χ3n) is 3.90. The molecule has 1 heterocycles. The largest absolute Gasteiger partial charge is 0.409 e. The summed E-state index contributed by atoms with van der Waals surface area (Å²) in [5.41, 5.74) is 4.90. The summed E-state index contributed by atoms with van der Waals surface area (Å²) in [6.45, 7) is 1.31. The van der Waals surface area contributed by atoms with Gasteiger partial charge >= 0.3 is 0 Å². The first kappa shape index (κ1) is 14.4. The number of carbonyl (C=O) groups excluding carboxylic acids is 1. The third-order valence-corrected chi connectivity index (χ3v) is 3.90. The Hall–Kier alpha value is -2.05. The van der Waals surface area contributed by atoms with Crippen LogP contribution in [0, 0.1) is 5.41 Å². The number of aromatic nitrogens is 2. The smallest absolute Gasteiger partial charge is 0.233 e. The highest BCUT2D eigenvalue weighted by atomic mass is 16.4. The Morgan fingerprint density at radius 1 is 1.50 bits per heavy atom. The first-order chi connectivity index (χ1) is 9.69. The maximum Gasteiger partial charge on any atom is 0.233 e. The molecule has 0 bridgehead atoms. The number of nitrogens with zero attached hydrogens (tertiary/aromatic N) is 3. The molecule has 2 rings (SSSR count). The molecule has 1 aliphatic carbocycles. The molecule has 1 aromatic rings. The van der Waals surface area contributed by atoms with Crippen LogP contribution in [-0.2, 0) is 11.3 Å². The highest BCUT2D eigenvalue weighted by molar-refractivity contribution is 6.07. The van der Waals surface area contributed by atoms with Crippen LogP contribution in [0.1, 0.15) is 32.1 Å². The van der Waals surface area contributed by atoms with Crippen LogP contribution in [0.2, 0.25) is 0 Å². The second kappa shape index (κ2) is 6.40. The molecule has 7 heteroatoms. The molecular weight excluding hydrogens is 258 g/mol. The SMILES string of the molecule is N/C(=N/O)C1(C(=O)NCCCn2cccn2)CCCC1. The lowest BCUT2D eigenvalue weighted by Crippen LogP contribution is -2.48. The number of amides is 1. The molecule has 0 saturated heterocycles. The summed E-state index contributed by atoms with van der Waals surface area (Å²) >= 11 is 0. The van der Waals surface area contributed by atoms with Crippen LogP contribution in [-0.4, -0.2) is 33.3 Å². The van der Waals surface area contributed by atoms with Crippen LogP contribution < -0.4 is 11.1 Å². The monoisotopic (exact) mass is 279 g/mol. The fourth-order valence-corrected chi connectivity index (χ4v) is 2.72. The first-order valence-electron chi connectivity index (χ1n) is 6.93. The molecule has 1 aliphatic rings. The minimum absolute atomic E-state index is 0.0274. The van der Waals surface area contributed by atoms with Gasteiger partial charge in [-0.1, -0.05) is 18.0 Å². The number of aryl methyl sites for hydroxylation is 1. The van der Waals surface area contributed by atoms with E-state index in [1.54, 1.807) is 6.20 Å². The average molecular weight is 279 g/mol. The van der Waals surface area contributed by atoms with Gasteiger partial charge in [0.2, 0.25) is 5.91 Å². The molecule has 110 valence electrons. The Bertz CT molecular complexity index is 463. The Labute approximate surface area is 117 Å². The van der Waals surface area contributed by atoms with Crippen LogP contribution in [0.15, 0.2) is 23.6 Å². The van der Waals surface area contributed by atoms with E-state index in [1.165, 1.54) is 0 Å². The zero-order valence-corrected chi connectivity index (χ0v) is 11.5. The second-order valence-corrected chi connectivity index (χ2v) is 5.15. The van der Waals surface area contributed by atoms with E-state index in [4.69, 9.17) is 10.9 Å². The topological polar surface area (TPSA) is 106 Å². The Kier molecular flexibility index (Phi) is 4.60. The van der Waals surface area contributed by atoms with Crippen molar-refractivity contribution in [2.24, 2.45) is 16.3 Å². The minimum atomic E-state index is -0.819. The van der Waals surface area contributed by atoms with Gasteiger partial charge in [0.25, 0.3) is 0 Å². The molecule has 1 fully saturated rings.